The first-order valence-corrected chi connectivity index (χ1v) is 5.14. The van der Waals surface area contributed by atoms with Crippen molar-refractivity contribution >= 4 is 40.5 Å². The second-order valence-corrected chi connectivity index (χ2v) is 4.46. The average Bonchev–Trinajstić information content (AvgIpc) is 2.19. The monoisotopic (exact) mass is 263 g/mol. The minimum absolute atomic E-state index is 0.0800. The maximum Gasteiger partial charge on any atom is 0.176 e. The molecule has 0 spiro atoms. The summed E-state index contributed by atoms with van der Waals surface area (Å²) in [7, 11) is 0. The van der Waals surface area contributed by atoms with Gasteiger partial charge in [-0.3, -0.25) is 0 Å². The van der Waals surface area contributed by atoms with Crippen molar-refractivity contribution in [2.45, 2.75) is 19.4 Å². The van der Waals surface area contributed by atoms with Gasteiger partial charge in [-0.15, -0.1) is 16.6 Å². The molecule has 0 unspecified atom stereocenters. The van der Waals surface area contributed by atoms with E-state index in [2.05, 4.69) is 21.4 Å². The molecule has 0 saturated carbocycles. The first-order chi connectivity index (χ1) is 6.87. The molecule has 0 saturated heterocycles. The summed E-state index contributed by atoms with van der Waals surface area (Å²) in [4.78, 5) is 0. The Morgan fingerprint density at radius 2 is 1.73 bits per heavy atom. The third-order valence-electron chi connectivity index (χ3n) is 1.63. The number of nitrogens with one attached hydrogen (secondary N) is 1. The molecular formula is C9H8Cl3N3. The minimum atomic E-state index is -0.598. The van der Waals surface area contributed by atoms with E-state index >= 15 is 0 Å². The van der Waals surface area contributed by atoms with Gasteiger partial charge >= 0.3 is 0 Å². The fourth-order valence-corrected chi connectivity index (χ4v) is 1.37. The van der Waals surface area contributed by atoms with Crippen LogP contribution in [0.3, 0.4) is 0 Å². The summed E-state index contributed by atoms with van der Waals surface area (Å²) < 4.78 is 0. The Labute approximate surface area is 103 Å². The number of halogens is 3. The summed E-state index contributed by atoms with van der Waals surface area (Å²) in [5.74, 6) is 2.54. The maximum atomic E-state index is 5.91. The number of rotatable bonds is 2. The van der Waals surface area contributed by atoms with E-state index < -0.39 is 5.54 Å². The third kappa shape index (κ3) is 2.88. The Hall–Kier alpha value is -0.690. The van der Waals surface area contributed by atoms with Gasteiger partial charge in [0.1, 0.15) is 5.02 Å². The molecule has 15 heavy (non-hydrogen) atoms. The Bertz CT molecular complexity index is 423. The molecule has 1 aromatic heterocycles. The molecule has 0 radical (unpaired) electrons. The SMILES string of the molecule is C#CC(C)(C)Nc1c(Cl)nnc(Cl)c1Cl. The number of nitrogens with zero attached hydrogens (tertiary/aromatic N) is 2. The first kappa shape index (κ1) is 12.4. The number of hydrogen-bond donors (Lipinski definition) is 1. The van der Waals surface area contributed by atoms with Gasteiger partial charge in [0.05, 0.1) is 11.2 Å². The number of anilines is 1. The van der Waals surface area contributed by atoms with Crippen LogP contribution < -0.4 is 5.32 Å². The van der Waals surface area contributed by atoms with Crippen LogP contribution in [0.1, 0.15) is 13.8 Å². The summed E-state index contributed by atoms with van der Waals surface area (Å²) in [5, 5.41) is 10.6. The molecular weight excluding hydrogens is 256 g/mol. The van der Waals surface area contributed by atoms with Crippen molar-refractivity contribution in [3.63, 3.8) is 0 Å². The Balaban J connectivity index is 3.16. The van der Waals surface area contributed by atoms with Crippen LogP contribution in [0.2, 0.25) is 15.3 Å². The van der Waals surface area contributed by atoms with Crippen molar-refractivity contribution in [2.75, 3.05) is 5.32 Å². The molecule has 80 valence electrons. The predicted molar refractivity (Wildman–Crippen MR) is 63.6 cm³/mol. The first-order valence-electron chi connectivity index (χ1n) is 4.00. The van der Waals surface area contributed by atoms with Gasteiger partial charge in [0, 0.05) is 0 Å². The second kappa shape index (κ2) is 4.44. The van der Waals surface area contributed by atoms with E-state index in [0.717, 1.165) is 0 Å². The highest BCUT2D eigenvalue weighted by molar-refractivity contribution is 6.44. The van der Waals surface area contributed by atoms with Crippen LogP contribution in [0, 0.1) is 12.3 Å². The summed E-state index contributed by atoms with van der Waals surface area (Å²) in [5.41, 5.74) is -0.207. The smallest absolute Gasteiger partial charge is 0.176 e. The van der Waals surface area contributed by atoms with Gasteiger partial charge in [0.15, 0.2) is 10.3 Å². The van der Waals surface area contributed by atoms with Gasteiger partial charge in [-0.05, 0) is 13.8 Å². The van der Waals surface area contributed by atoms with Crippen molar-refractivity contribution in [1.29, 1.82) is 0 Å². The van der Waals surface area contributed by atoms with Crippen LogP contribution in [0.15, 0.2) is 0 Å². The minimum Gasteiger partial charge on any atom is -0.366 e. The molecule has 6 heteroatoms. The van der Waals surface area contributed by atoms with E-state index in [9.17, 15) is 0 Å². The van der Waals surface area contributed by atoms with E-state index in [1.807, 2.05) is 0 Å². The van der Waals surface area contributed by atoms with Gasteiger partial charge in [-0.2, -0.15) is 0 Å². The quantitative estimate of drug-likeness (QED) is 0.833. The molecule has 0 aliphatic heterocycles. The highest BCUT2D eigenvalue weighted by Gasteiger charge is 2.20. The van der Waals surface area contributed by atoms with E-state index in [-0.39, 0.29) is 15.3 Å². The zero-order valence-electron chi connectivity index (χ0n) is 8.11. The fourth-order valence-electron chi connectivity index (χ4n) is 0.830. The number of hydrogen-bond acceptors (Lipinski definition) is 3. The van der Waals surface area contributed by atoms with Crippen LogP contribution in [0.5, 0.6) is 0 Å². The third-order valence-corrected chi connectivity index (χ3v) is 2.62. The highest BCUT2D eigenvalue weighted by atomic mass is 35.5. The fraction of sp³-hybridized carbons (Fsp3) is 0.333. The lowest BCUT2D eigenvalue weighted by Gasteiger charge is -2.22. The maximum absolute atomic E-state index is 5.91. The molecule has 0 aliphatic rings. The van der Waals surface area contributed by atoms with Crippen LogP contribution in [0.4, 0.5) is 5.69 Å². The molecule has 0 atom stereocenters. The van der Waals surface area contributed by atoms with Crippen molar-refractivity contribution in [1.82, 2.24) is 10.2 Å². The van der Waals surface area contributed by atoms with E-state index in [1.165, 1.54) is 0 Å². The summed E-state index contributed by atoms with van der Waals surface area (Å²) >= 11 is 17.4. The van der Waals surface area contributed by atoms with E-state index in [1.54, 1.807) is 13.8 Å². The molecule has 3 nitrogen and oxygen atoms in total. The normalized spacial score (nSPS) is 10.9. The van der Waals surface area contributed by atoms with E-state index in [4.69, 9.17) is 41.2 Å². The molecule has 0 aromatic carbocycles. The van der Waals surface area contributed by atoms with Crippen molar-refractivity contribution < 1.29 is 0 Å². The molecule has 1 N–H and O–H groups in total. The average molecular weight is 265 g/mol. The standard InChI is InChI=1S/C9H8Cl3N3/c1-4-9(2,3)13-6-5(10)7(11)14-15-8(6)12/h1H,2-3H3,(H,13,14). The van der Waals surface area contributed by atoms with Crippen LogP contribution in [0.25, 0.3) is 0 Å². The van der Waals surface area contributed by atoms with Crippen molar-refractivity contribution in [3.05, 3.63) is 15.3 Å². The largest absolute Gasteiger partial charge is 0.366 e. The van der Waals surface area contributed by atoms with Crippen LogP contribution in [-0.2, 0) is 0 Å². The van der Waals surface area contributed by atoms with Gasteiger partial charge < -0.3 is 5.32 Å². The topological polar surface area (TPSA) is 37.8 Å². The van der Waals surface area contributed by atoms with Crippen LogP contribution >= 0.6 is 34.8 Å². The second-order valence-electron chi connectivity index (χ2n) is 3.36. The Morgan fingerprint density at radius 1 is 1.20 bits per heavy atom. The Morgan fingerprint density at radius 3 is 2.27 bits per heavy atom. The van der Waals surface area contributed by atoms with Crippen molar-refractivity contribution in [2.24, 2.45) is 0 Å². The molecule has 1 heterocycles. The van der Waals surface area contributed by atoms with Gasteiger partial charge in [-0.1, -0.05) is 40.7 Å². The number of aromatic nitrogens is 2. The zero-order valence-corrected chi connectivity index (χ0v) is 10.4. The molecule has 0 amide bonds. The molecule has 1 aromatic rings. The van der Waals surface area contributed by atoms with Crippen LogP contribution in [-0.4, -0.2) is 15.7 Å². The summed E-state index contributed by atoms with van der Waals surface area (Å²) in [6, 6.07) is 0. The van der Waals surface area contributed by atoms with E-state index in [0.29, 0.717) is 5.69 Å². The zero-order chi connectivity index (χ0) is 11.6. The molecule has 0 fully saturated rings. The predicted octanol–water partition coefficient (Wildman–Crippen LogP) is 3.26. The lowest BCUT2D eigenvalue weighted by Crippen LogP contribution is -2.29. The summed E-state index contributed by atoms with van der Waals surface area (Å²) in [6.45, 7) is 3.60. The molecule has 0 aliphatic carbocycles. The Kier molecular flexibility index (Phi) is 3.67. The van der Waals surface area contributed by atoms with Crippen molar-refractivity contribution in [3.8, 4) is 12.3 Å². The molecule has 1 rings (SSSR count). The number of terminal acetylenes is 1. The van der Waals surface area contributed by atoms with Gasteiger partial charge in [0.2, 0.25) is 0 Å². The molecule has 0 bridgehead atoms. The lowest BCUT2D eigenvalue weighted by molar-refractivity contribution is 0.739. The van der Waals surface area contributed by atoms with Gasteiger partial charge in [0.25, 0.3) is 0 Å². The lowest BCUT2D eigenvalue weighted by atomic mass is 10.1. The van der Waals surface area contributed by atoms with Gasteiger partial charge in [-0.25, -0.2) is 0 Å². The highest BCUT2D eigenvalue weighted by Crippen LogP contribution is 2.34. The summed E-state index contributed by atoms with van der Waals surface area (Å²) in [6.07, 6.45) is 5.32.